The fourth-order valence-electron chi connectivity index (χ4n) is 5.26. The van der Waals surface area contributed by atoms with E-state index in [1.54, 1.807) is 18.2 Å². The van der Waals surface area contributed by atoms with Gasteiger partial charge < -0.3 is 19.3 Å². The summed E-state index contributed by atoms with van der Waals surface area (Å²) in [5.41, 5.74) is 1.18. The largest absolute Gasteiger partial charge is 0.490 e. The molecule has 1 aromatic heterocycles. The van der Waals surface area contributed by atoms with Gasteiger partial charge in [0.2, 0.25) is 5.91 Å². The quantitative estimate of drug-likeness (QED) is 0.281. The molecule has 2 saturated heterocycles. The monoisotopic (exact) mass is 591 g/mol. The number of amides is 2. The molecule has 0 unspecified atom stereocenters. The van der Waals surface area contributed by atoms with Gasteiger partial charge in [-0.2, -0.15) is 0 Å². The number of carbonyl (C=O) groups is 3. The molecule has 0 spiro atoms. The zero-order valence-electron chi connectivity index (χ0n) is 24.1. The van der Waals surface area contributed by atoms with Gasteiger partial charge in [0.05, 0.1) is 16.8 Å². The first-order chi connectivity index (χ1) is 20.4. The summed E-state index contributed by atoms with van der Waals surface area (Å²) in [6.07, 6.45) is 4.58. The first-order valence-electron chi connectivity index (χ1n) is 14.4. The van der Waals surface area contributed by atoms with E-state index < -0.39 is 0 Å². The van der Waals surface area contributed by atoms with E-state index in [-0.39, 0.29) is 24.2 Å². The van der Waals surface area contributed by atoms with Crippen molar-refractivity contribution in [2.75, 3.05) is 64.8 Å². The van der Waals surface area contributed by atoms with Crippen LogP contribution in [0.1, 0.15) is 30.1 Å². The van der Waals surface area contributed by atoms with Gasteiger partial charge in [0.15, 0.2) is 29.0 Å². The van der Waals surface area contributed by atoms with Crippen molar-refractivity contribution in [1.82, 2.24) is 19.7 Å². The van der Waals surface area contributed by atoms with Crippen LogP contribution in [-0.2, 0) is 9.59 Å². The maximum Gasteiger partial charge on any atom is 0.264 e. The lowest BCUT2D eigenvalue weighted by Gasteiger charge is -2.41. The van der Waals surface area contributed by atoms with Crippen molar-refractivity contribution in [3.63, 3.8) is 0 Å². The average Bonchev–Trinajstić information content (AvgIpc) is 3.42. The van der Waals surface area contributed by atoms with Crippen molar-refractivity contribution in [1.29, 1.82) is 0 Å². The van der Waals surface area contributed by atoms with Crippen molar-refractivity contribution in [2.45, 2.75) is 25.8 Å². The van der Waals surface area contributed by atoms with Gasteiger partial charge in [-0.1, -0.05) is 23.5 Å². The number of benzene rings is 2. The third-order valence-electron chi connectivity index (χ3n) is 7.63. The number of fused-ring (bicyclic) bond motifs is 1. The summed E-state index contributed by atoms with van der Waals surface area (Å²) in [6, 6.07) is 12.9. The summed E-state index contributed by atoms with van der Waals surface area (Å²) >= 11 is 1.39. The van der Waals surface area contributed by atoms with Crippen molar-refractivity contribution in [3.05, 3.63) is 60.2 Å². The molecule has 0 bridgehead atoms. The number of hydrogen-bond acceptors (Lipinski definition) is 9. The van der Waals surface area contributed by atoms with Crippen LogP contribution in [0.5, 0.6) is 11.5 Å². The molecule has 2 aliphatic heterocycles. The van der Waals surface area contributed by atoms with Crippen LogP contribution in [0.15, 0.2) is 54.6 Å². The molecule has 3 aromatic rings. The summed E-state index contributed by atoms with van der Waals surface area (Å²) < 4.78 is 12.4. The molecule has 0 atom stereocenters. The van der Waals surface area contributed by atoms with E-state index in [0.29, 0.717) is 47.9 Å². The number of piperazine rings is 1. The number of aromatic nitrogens is 1. The van der Waals surface area contributed by atoms with Gasteiger partial charge in [-0.25, -0.2) is 4.98 Å². The zero-order chi connectivity index (χ0) is 29.5. The third kappa shape index (κ3) is 7.53. The zero-order valence-corrected chi connectivity index (χ0v) is 24.9. The van der Waals surface area contributed by atoms with Crippen LogP contribution in [0.3, 0.4) is 0 Å². The SMILES string of the molecule is CCOc1cc(C(=O)/C=C/C(=O)N2CCC(N3CCN(C)CC3)CC2)ccc1OCC(=O)Nc1nc2ccccc2s1. The average molecular weight is 592 g/mol. The minimum Gasteiger partial charge on any atom is -0.490 e. The Morgan fingerprint density at radius 2 is 1.74 bits per heavy atom. The van der Waals surface area contributed by atoms with Crippen LogP contribution < -0.4 is 14.8 Å². The Balaban J connectivity index is 1.12. The number of likely N-dealkylation sites (N-methyl/N-ethyl adjacent to an activating group) is 1. The highest BCUT2D eigenvalue weighted by Crippen LogP contribution is 2.29. The molecule has 2 aliphatic rings. The van der Waals surface area contributed by atoms with Crippen LogP contribution >= 0.6 is 11.3 Å². The summed E-state index contributed by atoms with van der Waals surface area (Å²) in [5.74, 6) is -0.121. The van der Waals surface area contributed by atoms with Crippen LogP contribution in [0.4, 0.5) is 5.13 Å². The maximum atomic E-state index is 12.9. The third-order valence-corrected chi connectivity index (χ3v) is 8.59. The van der Waals surface area contributed by atoms with Gasteiger partial charge in [0.25, 0.3) is 5.91 Å². The second-order valence-corrected chi connectivity index (χ2v) is 11.5. The number of likely N-dealkylation sites (tertiary alicyclic amines) is 1. The molecular weight excluding hydrogens is 554 g/mol. The molecule has 3 heterocycles. The number of rotatable bonds is 10. The number of piperidine rings is 1. The molecule has 2 fully saturated rings. The van der Waals surface area contributed by atoms with Crippen molar-refractivity contribution >= 4 is 44.3 Å². The predicted octanol–water partition coefficient (Wildman–Crippen LogP) is 3.69. The number of nitrogens with one attached hydrogen (secondary N) is 1. The molecule has 1 N–H and O–H groups in total. The lowest BCUT2D eigenvalue weighted by atomic mass is 10.0. The predicted molar refractivity (Wildman–Crippen MR) is 163 cm³/mol. The molecule has 2 amide bonds. The number of carbonyl (C=O) groups excluding carboxylic acids is 3. The smallest absolute Gasteiger partial charge is 0.264 e. The Morgan fingerprint density at radius 3 is 2.48 bits per heavy atom. The highest BCUT2D eigenvalue weighted by molar-refractivity contribution is 7.22. The lowest BCUT2D eigenvalue weighted by molar-refractivity contribution is -0.127. The Morgan fingerprint density at radius 1 is 0.976 bits per heavy atom. The summed E-state index contributed by atoms with van der Waals surface area (Å²) in [6.45, 7) is 7.65. The minimum absolute atomic E-state index is 0.149. The van der Waals surface area contributed by atoms with Crippen molar-refractivity contribution in [3.8, 4) is 11.5 Å². The normalized spacial score (nSPS) is 17.0. The molecule has 10 nitrogen and oxygen atoms in total. The lowest BCUT2D eigenvalue weighted by Crippen LogP contribution is -2.52. The number of ether oxygens (including phenoxy) is 2. The van der Waals surface area contributed by atoms with Crippen LogP contribution in [0.25, 0.3) is 10.2 Å². The first-order valence-corrected chi connectivity index (χ1v) is 15.2. The van der Waals surface area contributed by atoms with Crippen molar-refractivity contribution in [2.24, 2.45) is 0 Å². The molecule has 5 rings (SSSR count). The van der Waals surface area contributed by atoms with E-state index >= 15 is 0 Å². The van der Waals surface area contributed by atoms with Gasteiger partial charge in [-0.05, 0) is 63.2 Å². The second kappa shape index (κ2) is 13.9. The van der Waals surface area contributed by atoms with Gasteiger partial charge in [-0.15, -0.1) is 0 Å². The Kier molecular flexibility index (Phi) is 9.83. The number of anilines is 1. The van der Waals surface area contributed by atoms with Gasteiger partial charge in [0.1, 0.15) is 0 Å². The fourth-order valence-corrected chi connectivity index (χ4v) is 6.14. The number of nitrogens with zero attached hydrogens (tertiary/aromatic N) is 4. The van der Waals surface area contributed by atoms with Crippen LogP contribution in [0.2, 0.25) is 0 Å². The van der Waals surface area contributed by atoms with Crippen LogP contribution in [0, 0.1) is 0 Å². The second-order valence-electron chi connectivity index (χ2n) is 10.5. The molecule has 222 valence electrons. The molecule has 0 aliphatic carbocycles. The number of ketones is 1. The Hall–Kier alpha value is -3.80. The Bertz CT molecular complexity index is 1410. The summed E-state index contributed by atoms with van der Waals surface area (Å²) in [7, 11) is 2.15. The number of para-hydroxylation sites is 1. The van der Waals surface area contributed by atoms with E-state index in [9.17, 15) is 14.4 Å². The topological polar surface area (TPSA) is 104 Å². The summed E-state index contributed by atoms with van der Waals surface area (Å²) in [5, 5.41) is 3.25. The van der Waals surface area contributed by atoms with Gasteiger partial charge in [-0.3, -0.25) is 24.6 Å². The summed E-state index contributed by atoms with van der Waals surface area (Å²) in [4.78, 5) is 49.3. The van der Waals surface area contributed by atoms with E-state index in [1.807, 2.05) is 36.1 Å². The number of hydrogen-bond donors (Lipinski definition) is 1. The standard InChI is InChI=1S/C31H37N5O5S/c1-3-40-27-20-22(8-10-26(27)41-21-29(38)33-31-32-24-6-4-5-7-28(24)42-31)25(37)9-11-30(39)36-14-12-23(13-15-36)35-18-16-34(2)17-19-35/h4-11,20,23H,3,12-19,21H2,1-2H3,(H,32,33,38)/b11-9+. The van der Waals surface area contributed by atoms with E-state index in [2.05, 4.69) is 27.1 Å². The molecule has 42 heavy (non-hydrogen) atoms. The highest BCUT2D eigenvalue weighted by Gasteiger charge is 2.28. The van der Waals surface area contributed by atoms with Gasteiger partial charge in [0, 0.05) is 56.9 Å². The molecule has 0 radical (unpaired) electrons. The van der Waals surface area contributed by atoms with E-state index in [4.69, 9.17) is 9.47 Å². The van der Waals surface area contributed by atoms with Crippen LogP contribution in [-0.4, -0.2) is 103 Å². The molecule has 11 heteroatoms. The molecule has 2 aromatic carbocycles. The Labute approximate surface area is 249 Å². The first kappa shape index (κ1) is 29.7. The molecular formula is C31H37N5O5S. The molecule has 0 saturated carbocycles. The fraction of sp³-hybridized carbons (Fsp3) is 0.419. The van der Waals surface area contributed by atoms with Gasteiger partial charge >= 0.3 is 0 Å². The number of allylic oxidation sites excluding steroid dienone is 1. The van der Waals surface area contributed by atoms with Crippen molar-refractivity contribution < 1.29 is 23.9 Å². The maximum absolute atomic E-state index is 12.9. The van der Waals surface area contributed by atoms with E-state index in [0.717, 1.165) is 49.2 Å². The minimum atomic E-state index is -0.356. The van der Waals surface area contributed by atoms with E-state index in [1.165, 1.54) is 23.5 Å². The number of thiazole rings is 1. The highest BCUT2D eigenvalue weighted by atomic mass is 32.1.